The molecule has 0 heterocycles. The van der Waals surface area contributed by atoms with Crippen LogP contribution in [0.3, 0.4) is 0 Å². The van der Waals surface area contributed by atoms with Crippen LogP contribution in [0.25, 0.3) is 0 Å². The van der Waals surface area contributed by atoms with E-state index in [9.17, 15) is 9.59 Å². The van der Waals surface area contributed by atoms with Gasteiger partial charge in [-0.1, -0.05) is 0 Å². The molecule has 0 aromatic rings. The minimum atomic E-state index is -0.0499. The molecule has 0 saturated carbocycles. The number of rotatable bonds is 8. The van der Waals surface area contributed by atoms with Crippen molar-refractivity contribution in [3.05, 3.63) is 0 Å². The van der Waals surface area contributed by atoms with E-state index < -0.39 is 0 Å². The molecule has 0 aromatic heterocycles. The van der Waals surface area contributed by atoms with Gasteiger partial charge in [0.15, 0.2) is 10.2 Å². The van der Waals surface area contributed by atoms with Crippen molar-refractivity contribution in [2.45, 2.75) is 25.7 Å². The fourth-order valence-electron chi connectivity index (χ4n) is 0.753. The van der Waals surface area contributed by atoms with Gasteiger partial charge < -0.3 is 0 Å². The van der Waals surface area contributed by atoms with Crippen LogP contribution in [0.15, 0.2) is 0 Å². The van der Waals surface area contributed by atoms with Gasteiger partial charge in [0.1, 0.15) is 0 Å². The second-order valence-electron chi connectivity index (χ2n) is 2.61. The Bertz CT molecular complexity index is 153. The van der Waals surface area contributed by atoms with Crippen LogP contribution >= 0.6 is 37.0 Å². The molecule has 0 aliphatic rings. The lowest BCUT2D eigenvalue weighted by Crippen LogP contribution is -1.91. The summed E-state index contributed by atoms with van der Waals surface area (Å²) < 4.78 is 0. The smallest absolute Gasteiger partial charge is 0.185 e. The maximum absolute atomic E-state index is 10.4. The van der Waals surface area contributed by atoms with Gasteiger partial charge in [0.2, 0.25) is 0 Å². The minimum absolute atomic E-state index is 0.0499. The zero-order chi connectivity index (χ0) is 10.1. The molecule has 0 amide bonds. The molecule has 0 bridgehead atoms. The third kappa shape index (κ3) is 12.4. The van der Waals surface area contributed by atoms with E-state index in [1.165, 1.54) is 0 Å². The first kappa shape index (κ1) is 13.4. The lowest BCUT2D eigenvalue weighted by Gasteiger charge is -1.98. The van der Waals surface area contributed by atoms with E-state index in [2.05, 4.69) is 25.3 Å². The Labute approximate surface area is 94.1 Å². The van der Waals surface area contributed by atoms with Crippen LogP contribution in [0.1, 0.15) is 25.7 Å². The summed E-state index contributed by atoms with van der Waals surface area (Å²) in [7, 11) is 0. The highest BCUT2D eigenvalue weighted by Gasteiger charge is 1.96. The topological polar surface area (TPSA) is 34.1 Å². The molecule has 76 valence electrons. The maximum atomic E-state index is 10.4. The molecule has 0 N–H and O–H groups in total. The van der Waals surface area contributed by atoms with Gasteiger partial charge in [-0.2, -0.15) is 11.8 Å². The Morgan fingerprint density at radius 3 is 1.62 bits per heavy atom. The normalized spacial score (nSPS) is 10.0. The zero-order valence-electron chi connectivity index (χ0n) is 7.36. The Balaban J connectivity index is 3.00. The van der Waals surface area contributed by atoms with Gasteiger partial charge in [-0.3, -0.25) is 9.59 Å². The van der Waals surface area contributed by atoms with Crippen molar-refractivity contribution < 1.29 is 9.59 Å². The Hall–Kier alpha value is 0.390. The van der Waals surface area contributed by atoms with E-state index in [1.54, 1.807) is 11.8 Å². The van der Waals surface area contributed by atoms with E-state index in [1.807, 2.05) is 0 Å². The van der Waals surface area contributed by atoms with Crippen molar-refractivity contribution in [2.75, 3.05) is 11.5 Å². The standard InChI is InChI=1S/C8H14O2S3/c9-7(11)3-1-5-13-6-2-4-8(10)12/h1-6H2,(H,9,11)(H,10,12). The molecule has 0 saturated heterocycles. The number of hydrogen-bond acceptors (Lipinski definition) is 3. The molecule has 5 heteroatoms. The van der Waals surface area contributed by atoms with Crippen molar-refractivity contribution in [2.24, 2.45) is 0 Å². The van der Waals surface area contributed by atoms with Crippen LogP contribution in [0, 0.1) is 0 Å². The lowest BCUT2D eigenvalue weighted by molar-refractivity contribution is -0.111. The molecule has 2 nitrogen and oxygen atoms in total. The van der Waals surface area contributed by atoms with Crippen molar-refractivity contribution in [1.29, 1.82) is 0 Å². The summed E-state index contributed by atoms with van der Waals surface area (Å²) in [6.07, 6.45) is 2.84. The maximum Gasteiger partial charge on any atom is 0.185 e. The molecule has 0 spiro atoms. The Morgan fingerprint density at radius 1 is 0.923 bits per heavy atom. The summed E-state index contributed by atoms with van der Waals surface area (Å²) >= 11 is 9.10. The van der Waals surface area contributed by atoms with Crippen molar-refractivity contribution >= 4 is 47.3 Å². The van der Waals surface area contributed by atoms with Crippen molar-refractivity contribution in [3.63, 3.8) is 0 Å². The molecule has 0 atom stereocenters. The van der Waals surface area contributed by atoms with Gasteiger partial charge in [0.25, 0.3) is 0 Å². The van der Waals surface area contributed by atoms with E-state index in [0.29, 0.717) is 12.8 Å². The van der Waals surface area contributed by atoms with Gasteiger partial charge >= 0.3 is 0 Å². The van der Waals surface area contributed by atoms with Crippen LogP contribution in [-0.2, 0) is 9.59 Å². The molecule has 0 unspecified atom stereocenters. The molecule has 0 fully saturated rings. The summed E-state index contributed by atoms with van der Waals surface area (Å²) in [6, 6.07) is 0. The lowest BCUT2D eigenvalue weighted by atomic mass is 10.4. The first-order valence-electron chi connectivity index (χ1n) is 4.14. The van der Waals surface area contributed by atoms with Gasteiger partial charge in [-0.05, 0) is 24.3 Å². The molecule has 0 rings (SSSR count). The Morgan fingerprint density at radius 2 is 1.31 bits per heavy atom. The summed E-state index contributed by atoms with van der Waals surface area (Å²) in [4.78, 5) is 20.8. The average Bonchev–Trinajstić information content (AvgIpc) is 2.01. The zero-order valence-corrected chi connectivity index (χ0v) is 9.97. The first-order chi connectivity index (χ1) is 6.13. The highest BCUT2D eigenvalue weighted by atomic mass is 32.2. The third-order valence-corrected chi connectivity index (χ3v) is 2.96. The second-order valence-corrected chi connectivity index (χ2v) is 4.83. The number of carbonyl (C=O) groups is 2. The average molecular weight is 238 g/mol. The largest absolute Gasteiger partial charge is 0.288 e. The highest BCUT2D eigenvalue weighted by Crippen LogP contribution is 2.09. The predicted molar refractivity (Wildman–Crippen MR) is 63.8 cm³/mol. The summed E-state index contributed by atoms with van der Waals surface area (Å²) in [5, 5.41) is -0.0997. The van der Waals surface area contributed by atoms with Crippen LogP contribution < -0.4 is 0 Å². The summed E-state index contributed by atoms with van der Waals surface area (Å²) in [6.45, 7) is 0. The first-order valence-corrected chi connectivity index (χ1v) is 6.19. The van der Waals surface area contributed by atoms with Crippen molar-refractivity contribution in [1.82, 2.24) is 0 Å². The van der Waals surface area contributed by atoms with Gasteiger partial charge in [0.05, 0.1) is 0 Å². The highest BCUT2D eigenvalue weighted by molar-refractivity contribution is 7.99. The van der Waals surface area contributed by atoms with E-state index in [4.69, 9.17) is 0 Å². The molecule has 0 aliphatic carbocycles. The molecule has 0 aromatic carbocycles. The third-order valence-electron chi connectivity index (χ3n) is 1.36. The molecular formula is C8H14O2S3. The molecule has 0 aliphatic heterocycles. The summed E-state index contributed by atoms with van der Waals surface area (Å²) in [5.74, 6) is 1.93. The SMILES string of the molecule is O=C(S)CCCSCCCC(=O)S. The summed E-state index contributed by atoms with van der Waals surface area (Å²) in [5.41, 5.74) is 0. The van der Waals surface area contributed by atoms with Crippen LogP contribution in [0.2, 0.25) is 0 Å². The molecule has 0 radical (unpaired) electrons. The monoisotopic (exact) mass is 238 g/mol. The van der Waals surface area contributed by atoms with Crippen LogP contribution in [-0.4, -0.2) is 21.7 Å². The number of carbonyl (C=O) groups excluding carboxylic acids is 2. The minimum Gasteiger partial charge on any atom is -0.288 e. The van der Waals surface area contributed by atoms with Crippen molar-refractivity contribution in [3.8, 4) is 0 Å². The number of thioether (sulfide) groups is 1. The fourth-order valence-corrected chi connectivity index (χ4v) is 1.97. The second kappa shape index (κ2) is 8.97. The quantitative estimate of drug-likeness (QED) is 0.502. The van der Waals surface area contributed by atoms with E-state index in [0.717, 1.165) is 24.3 Å². The van der Waals surface area contributed by atoms with Gasteiger partial charge in [-0.25, -0.2) is 0 Å². The van der Waals surface area contributed by atoms with Gasteiger partial charge in [0, 0.05) is 12.8 Å². The predicted octanol–water partition coefficient (Wildman–Crippen LogP) is 2.19. The van der Waals surface area contributed by atoms with Gasteiger partial charge in [-0.15, -0.1) is 25.3 Å². The fraction of sp³-hybridized carbons (Fsp3) is 0.750. The van der Waals surface area contributed by atoms with Crippen LogP contribution in [0.4, 0.5) is 0 Å². The van der Waals surface area contributed by atoms with E-state index >= 15 is 0 Å². The number of hydrogen-bond donors (Lipinski definition) is 2. The Kier molecular flexibility index (Phi) is 9.23. The van der Waals surface area contributed by atoms with E-state index in [-0.39, 0.29) is 10.2 Å². The number of thiol groups is 2. The van der Waals surface area contributed by atoms with Crippen LogP contribution in [0.5, 0.6) is 0 Å². The molecular weight excluding hydrogens is 224 g/mol. The molecule has 13 heavy (non-hydrogen) atoms.